The van der Waals surface area contributed by atoms with Crippen LogP contribution in [0, 0.1) is 5.92 Å². The summed E-state index contributed by atoms with van der Waals surface area (Å²) in [6.45, 7) is 4.46. The van der Waals surface area contributed by atoms with Gasteiger partial charge in [0.1, 0.15) is 0 Å². The first kappa shape index (κ1) is 24.5. The smallest absolute Gasteiger partial charge is 0.267 e. The largest absolute Gasteiger partial charge is 0.317 e. The molecule has 1 saturated heterocycles. The van der Waals surface area contributed by atoms with E-state index in [1.54, 1.807) is 23.7 Å². The molecule has 31 heavy (non-hydrogen) atoms. The van der Waals surface area contributed by atoms with E-state index in [4.69, 9.17) is 5.21 Å². The minimum absolute atomic E-state index is 0. The monoisotopic (exact) mass is 440 g/mol. The Balaban J connectivity index is 0.00000341. The maximum absolute atomic E-state index is 12.5. The highest BCUT2D eigenvalue weighted by Gasteiger charge is 2.21. The fraction of sp³-hybridized carbons (Fsp3) is 0.280. The number of amides is 1. The molecule has 2 aromatic carbocycles. The molecule has 1 fully saturated rings. The highest BCUT2D eigenvalue weighted by molar-refractivity contribution is 6.06. The number of piperidine rings is 1. The molecule has 3 N–H and O–H groups in total. The van der Waals surface area contributed by atoms with Gasteiger partial charge in [0.25, 0.3) is 5.91 Å². The van der Waals surface area contributed by atoms with E-state index in [1.165, 1.54) is 24.5 Å². The van der Waals surface area contributed by atoms with Gasteiger partial charge < -0.3 is 5.32 Å². The number of benzene rings is 2. The van der Waals surface area contributed by atoms with Crippen molar-refractivity contribution in [3.8, 4) is 0 Å². The van der Waals surface area contributed by atoms with Crippen LogP contribution in [0.3, 0.4) is 0 Å². The van der Waals surface area contributed by atoms with E-state index in [1.807, 2.05) is 36.4 Å². The molecule has 5 nitrogen and oxygen atoms in total. The summed E-state index contributed by atoms with van der Waals surface area (Å²) >= 11 is 0. The number of rotatable bonds is 7. The number of carbonyl (C=O) groups excluding carboxylic acids is 2. The average Bonchev–Trinajstić information content (AvgIpc) is 2.81. The summed E-state index contributed by atoms with van der Waals surface area (Å²) in [5.74, 6) is 0.590. The second-order valence-corrected chi connectivity index (χ2v) is 7.67. The van der Waals surface area contributed by atoms with Crippen molar-refractivity contribution in [3.05, 3.63) is 82.9 Å². The van der Waals surface area contributed by atoms with Crippen LogP contribution in [0.15, 0.2) is 60.7 Å². The third kappa shape index (κ3) is 7.17. The predicted molar refractivity (Wildman–Crippen MR) is 126 cm³/mol. The number of allylic oxidation sites excluding steroid dienone is 1. The summed E-state index contributed by atoms with van der Waals surface area (Å²) < 4.78 is 0. The van der Waals surface area contributed by atoms with Crippen molar-refractivity contribution in [1.29, 1.82) is 0 Å². The van der Waals surface area contributed by atoms with Gasteiger partial charge in [-0.05, 0) is 66.6 Å². The molecule has 0 aliphatic carbocycles. The molecule has 0 radical (unpaired) electrons. The summed E-state index contributed by atoms with van der Waals surface area (Å²) in [7, 11) is 0. The van der Waals surface area contributed by atoms with Crippen LogP contribution in [0.4, 0.5) is 0 Å². The highest BCUT2D eigenvalue weighted by Crippen LogP contribution is 2.30. The number of halogens is 1. The Kier molecular flexibility index (Phi) is 9.66. The van der Waals surface area contributed by atoms with Gasteiger partial charge in [-0.25, -0.2) is 5.48 Å². The van der Waals surface area contributed by atoms with Crippen molar-refractivity contribution in [2.45, 2.75) is 25.7 Å². The van der Waals surface area contributed by atoms with Crippen LogP contribution in [-0.4, -0.2) is 30.0 Å². The lowest BCUT2D eigenvalue weighted by Gasteiger charge is -2.28. The Labute approximate surface area is 189 Å². The van der Waals surface area contributed by atoms with E-state index in [9.17, 15) is 9.59 Å². The minimum atomic E-state index is -0.583. The van der Waals surface area contributed by atoms with Crippen molar-refractivity contribution in [1.82, 2.24) is 10.8 Å². The SMILES string of the molecule is CC(c1ccc(C(=O)C=Cc2ccc(C=CC(=O)NO)cc2)cc1)C1CCNCC1.Cl. The first-order valence-corrected chi connectivity index (χ1v) is 10.3. The molecule has 1 amide bonds. The van der Waals surface area contributed by atoms with Crippen LogP contribution in [0.1, 0.15) is 52.7 Å². The van der Waals surface area contributed by atoms with Gasteiger partial charge in [-0.2, -0.15) is 0 Å². The summed E-state index contributed by atoms with van der Waals surface area (Å²) in [4.78, 5) is 23.5. The van der Waals surface area contributed by atoms with Crippen LogP contribution in [0.5, 0.6) is 0 Å². The number of hydrogen-bond donors (Lipinski definition) is 3. The summed E-state index contributed by atoms with van der Waals surface area (Å²) in [5, 5.41) is 11.9. The number of ketones is 1. The number of hydroxylamine groups is 1. The third-order valence-corrected chi connectivity index (χ3v) is 5.71. The van der Waals surface area contributed by atoms with Crippen molar-refractivity contribution in [2.75, 3.05) is 13.1 Å². The highest BCUT2D eigenvalue weighted by atomic mass is 35.5. The second-order valence-electron chi connectivity index (χ2n) is 7.67. The molecule has 164 valence electrons. The van der Waals surface area contributed by atoms with Gasteiger partial charge in [-0.15, -0.1) is 12.4 Å². The summed E-state index contributed by atoms with van der Waals surface area (Å²) in [6.07, 6.45) is 8.60. The zero-order chi connectivity index (χ0) is 21.3. The molecule has 0 spiro atoms. The lowest BCUT2D eigenvalue weighted by atomic mass is 9.81. The molecule has 1 aliphatic heterocycles. The van der Waals surface area contributed by atoms with Gasteiger partial charge in [0.05, 0.1) is 0 Å². The van der Waals surface area contributed by atoms with E-state index in [-0.39, 0.29) is 18.2 Å². The van der Waals surface area contributed by atoms with Gasteiger partial charge >= 0.3 is 0 Å². The fourth-order valence-corrected chi connectivity index (χ4v) is 3.76. The first-order chi connectivity index (χ1) is 14.6. The van der Waals surface area contributed by atoms with E-state index in [2.05, 4.69) is 24.4 Å². The molecule has 1 heterocycles. The Bertz CT molecular complexity index is 915. The molecule has 1 aliphatic rings. The van der Waals surface area contributed by atoms with Crippen LogP contribution in [0.2, 0.25) is 0 Å². The lowest BCUT2D eigenvalue weighted by Crippen LogP contribution is -2.30. The van der Waals surface area contributed by atoms with Gasteiger partial charge in [0, 0.05) is 11.6 Å². The molecule has 0 saturated carbocycles. The van der Waals surface area contributed by atoms with E-state index >= 15 is 0 Å². The Hall–Kier alpha value is -2.73. The molecular formula is C25H29ClN2O3. The van der Waals surface area contributed by atoms with Crippen molar-refractivity contribution in [3.63, 3.8) is 0 Å². The second kappa shape index (κ2) is 12.2. The molecule has 6 heteroatoms. The van der Waals surface area contributed by atoms with Gasteiger partial charge in [-0.1, -0.05) is 61.5 Å². The molecule has 2 aromatic rings. The molecule has 3 rings (SSSR count). The zero-order valence-corrected chi connectivity index (χ0v) is 18.4. The van der Waals surface area contributed by atoms with Crippen LogP contribution < -0.4 is 10.8 Å². The van der Waals surface area contributed by atoms with E-state index < -0.39 is 5.91 Å². The quantitative estimate of drug-likeness (QED) is 0.254. The molecule has 1 atom stereocenters. The normalized spacial score (nSPS) is 15.5. The summed E-state index contributed by atoms with van der Waals surface area (Å²) in [6, 6.07) is 15.4. The number of nitrogens with one attached hydrogen (secondary N) is 2. The first-order valence-electron chi connectivity index (χ1n) is 10.3. The molecule has 1 unspecified atom stereocenters. The van der Waals surface area contributed by atoms with Crippen molar-refractivity contribution < 1.29 is 14.8 Å². The van der Waals surface area contributed by atoms with Crippen molar-refractivity contribution in [2.24, 2.45) is 5.92 Å². The molecular weight excluding hydrogens is 412 g/mol. The number of carbonyl (C=O) groups is 2. The Morgan fingerprint density at radius 2 is 1.52 bits per heavy atom. The number of hydrogen-bond acceptors (Lipinski definition) is 4. The van der Waals surface area contributed by atoms with Gasteiger partial charge in [-0.3, -0.25) is 14.8 Å². The van der Waals surface area contributed by atoms with Gasteiger partial charge in [0.2, 0.25) is 0 Å². The summed E-state index contributed by atoms with van der Waals surface area (Å²) in [5.41, 5.74) is 5.23. The van der Waals surface area contributed by atoms with Crippen LogP contribution in [-0.2, 0) is 4.79 Å². The average molecular weight is 441 g/mol. The van der Waals surface area contributed by atoms with Crippen LogP contribution >= 0.6 is 12.4 Å². The zero-order valence-electron chi connectivity index (χ0n) is 17.6. The Morgan fingerprint density at radius 1 is 0.968 bits per heavy atom. The topological polar surface area (TPSA) is 78.4 Å². The Morgan fingerprint density at radius 3 is 2.06 bits per heavy atom. The fourth-order valence-electron chi connectivity index (χ4n) is 3.76. The van der Waals surface area contributed by atoms with Gasteiger partial charge in [0.15, 0.2) is 5.78 Å². The van der Waals surface area contributed by atoms with E-state index in [0.29, 0.717) is 17.4 Å². The maximum Gasteiger partial charge on any atom is 0.267 e. The lowest BCUT2D eigenvalue weighted by molar-refractivity contribution is -0.124. The third-order valence-electron chi connectivity index (χ3n) is 5.71. The maximum atomic E-state index is 12.5. The van der Waals surface area contributed by atoms with Crippen LogP contribution in [0.25, 0.3) is 12.2 Å². The minimum Gasteiger partial charge on any atom is -0.317 e. The molecule has 0 bridgehead atoms. The predicted octanol–water partition coefficient (Wildman–Crippen LogP) is 4.63. The van der Waals surface area contributed by atoms with E-state index in [0.717, 1.165) is 24.2 Å². The molecule has 0 aromatic heterocycles. The standard InChI is InChI=1S/C25H28N2O3.ClH/c1-18(22-14-16-26-17-15-22)21-8-10-23(11-9-21)24(28)12-6-19-2-4-20(5-3-19)7-13-25(29)27-30;/h2-13,18,22,26,30H,14-17H2,1H3,(H,27,29);1H. The van der Waals surface area contributed by atoms with Crippen molar-refractivity contribution >= 4 is 36.2 Å².